The van der Waals surface area contributed by atoms with E-state index in [0.717, 1.165) is 6.08 Å². The van der Waals surface area contributed by atoms with Gasteiger partial charge in [-0.2, -0.15) is 0 Å². The van der Waals surface area contributed by atoms with Crippen molar-refractivity contribution in [1.29, 1.82) is 0 Å². The molecule has 0 fully saturated rings. The van der Waals surface area contributed by atoms with Gasteiger partial charge in [0.15, 0.2) is 6.61 Å². The van der Waals surface area contributed by atoms with Crippen LogP contribution in [0.3, 0.4) is 0 Å². The number of para-hydroxylation sites is 1. The molecule has 0 atom stereocenters. The molecule has 0 aliphatic rings. The summed E-state index contributed by atoms with van der Waals surface area (Å²) >= 11 is 0. The van der Waals surface area contributed by atoms with E-state index < -0.39 is 23.4 Å². The summed E-state index contributed by atoms with van der Waals surface area (Å²) in [4.78, 5) is 34.2. The van der Waals surface area contributed by atoms with E-state index in [9.17, 15) is 19.7 Å². The molecule has 0 aliphatic heterocycles. The minimum Gasteiger partial charge on any atom is -0.497 e. The van der Waals surface area contributed by atoms with Crippen LogP contribution in [0.1, 0.15) is 5.56 Å². The zero-order valence-corrected chi connectivity index (χ0v) is 15.2. The number of esters is 1. The van der Waals surface area contributed by atoms with E-state index in [1.54, 1.807) is 24.3 Å². The first-order valence-corrected chi connectivity index (χ1v) is 8.04. The number of nitro groups is 1. The molecule has 9 heteroatoms. The molecule has 1 amide bonds. The molecule has 1 N–H and O–H groups in total. The molecule has 0 unspecified atom stereocenters. The summed E-state index contributed by atoms with van der Waals surface area (Å²) in [5.74, 6) is -0.470. The lowest BCUT2D eigenvalue weighted by molar-refractivity contribution is -0.385. The Bertz CT molecular complexity index is 909. The Kier molecular flexibility index (Phi) is 7.09. The topological polar surface area (TPSA) is 117 Å². The lowest BCUT2D eigenvalue weighted by Crippen LogP contribution is -2.20. The number of carbonyl (C=O) groups excluding carboxylic acids is 2. The predicted octanol–water partition coefficient (Wildman–Crippen LogP) is 2.81. The normalized spacial score (nSPS) is 10.4. The smallest absolute Gasteiger partial charge is 0.331 e. The zero-order valence-electron chi connectivity index (χ0n) is 15.2. The van der Waals surface area contributed by atoms with E-state index in [2.05, 4.69) is 5.32 Å². The molecule has 2 rings (SSSR count). The van der Waals surface area contributed by atoms with Gasteiger partial charge in [-0.05, 0) is 24.3 Å². The summed E-state index contributed by atoms with van der Waals surface area (Å²) < 4.78 is 15.1. The van der Waals surface area contributed by atoms with E-state index in [0.29, 0.717) is 17.2 Å². The van der Waals surface area contributed by atoms with Crippen molar-refractivity contribution in [2.45, 2.75) is 0 Å². The molecular weight excluding hydrogens is 368 g/mol. The Balaban J connectivity index is 1.95. The quantitative estimate of drug-likeness (QED) is 0.321. The molecule has 0 aromatic heterocycles. The predicted molar refractivity (Wildman–Crippen MR) is 101 cm³/mol. The molecule has 0 aliphatic carbocycles. The van der Waals surface area contributed by atoms with Crippen LogP contribution in [0, 0.1) is 10.1 Å². The van der Waals surface area contributed by atoms with Gasteiger partial charge in [-0.3, -0.25) is 14.9 Å². The second-order valence-corrected chi connectivity index (χ2v) is 5.37. The van der Waals surface area contributed by atoms with Crippen LogP contribution in [0.25, 0.3) is 6.08 Å². The van der Waals surface area contributed by atoms with Crippen molar-refractivity contribution in [3.63, 3.8) is 0 Å². The average Bonchev–Trinajstić information content (AvgIpc) is 2.70. The average molecular weight is 386 g/mol. The number of rotatable bonds is 8. The first-order valence-electron chi connectivity index (χ1n) is 8.04. The maximum absolute atomic E-state index is 12.0. The van der Waals surface area contributed by atoms with E-state index >= 15 is 0 Å². The Labute approximate surface area is 160 Å². The van der Waals surface area contributed by atoms with E-state index in [1.165, 1.54) is 38.5 Å². The van der Waals surface area contributed by atoms with Crippen LogP contribution in [0.2, 0.25) is 0 Å². The lowest BCUT2D eigenvalue weighted by Gasteiger charge is -2.11. The minimum absolute atomic E-state index is 0.144. The second-order valence-electron chi connectivity index (χ2n) is 5.37. The monoisotopic (exact) mass is 386 g/mol. The van der Waals surface area contributed by atoms with Crippen LogP contribution in [0.5, 0.6) is 11.5 Å². The molecule has 0 bridgehead atoms. The van der Waals surface area contributed by atoms with Crippen molar-refractivity contribution in [2.24, 2.45) is 0 Å². The van der Waals surface area contributed by atoms with E-state index in [-0.39, 0.29) is 11.3 Å². The largest absolute Gasteiger partial charge is 0.497 e. The fraction of sp³-hybridized carbons (Fsp3) is 0.158. The standard InChI is InChI=1S/C19H18N2O7/c1-26-14-8-9-17(27-2)15(11-14)20-18(22)12-28-19(23)10-7-13-5-3-4-6-16(13)21(24)25/h3-11H,12H2,1-2H3,(H,20,22)/b10-7+. The molecule has 2 aromatic carbocycles. The van der Waals surface area contributed by atoms with Gasteiger partial charge in [-0.15, -0.1) is 0 Å². The summed E-state index contributed by atoms with van der Waals surface area (Å²) in [5.41, 5.74) is 0.461. The van der Waals surface area contributed by atoms with Gasteiger partial charge < -0.3 is 19.5 Å². The highest BCUT2D eigenvalue weighted by atomic mass is 16.6. The maximum atomic E-state index is 12.0. The SMILES string of the molecule is COc1ccc(OC)c(NC(=O)COC(=O)/C=C/c2ccccc2[N+](=O)[O-])c1. The van der Waals surface area contributed by atoms with Crippen LogP contribution >= 0.6 is 0 Å². The molecular formula is C19H18N2O7. The Morgan fingerprint density at radius 1 is 1.14 bits per heavy atom. The Morgan fingerprint density at radius 2 is 1.89 bits per heavy atom. The first kappa shape index (κ1) is 20.4. The van der Waals surface area contributed by atoms with Crippen molar-refractivity contribution in [1.82, 2.24) is 0 Å². The number of nitrogens with one attached hydrogen (secondary N) is 1. The summed E-state index contributed by atoms with van der Waals surface area (Å²) in [7, 11) is 2.93. The van der Waals surface area contributed by atoms with Crippen molar-refractivity contribution < 1.29 is 28.7 Å². The molecule has 146 valence electrons. The van der Waals surface area contributed by atoms with Gasteiger partial charge in [0.25, 0.3) is 11.6 Å². The molecule has 0 heterocycles. The van der Waals surface area contributed by atoms with Crippen LogP contribution in [-0.4, -0.2) is 37.6 Å². The van der Waals surface area contributed by atoms with Crippen LogP contribution < -0.4 is 14.8 Å². The number of anilines is 1. The third-order valence-corrected chi connectivity index (χ3v) is 3.56. The van der Waals surface area contributed by atoms with Crippen LogP contribution in [-0.2, 0) is 14.3 Å². The third-order valence-electron chi connectivity index (χ3n) is 3.56. The molecule has 2 aromatic rings. The lowest BCUT2D eigenvalue weighted by atomic mass is 10.1. The Morgan fingerprint density at radius 3 is 2.57 bits per heavy atom. The van der Waals surface area contributed by atoms with Gasteiger partial charge in [0.1, 0.15) is 11.5 Å². The van der Waals surface area contributed by atoms with Gasteiger partial charge in [0, 0.05) is 18.2 Å². The number of nitro benzene ring substituents is 1. The van der Waals surface area contributed by atoms with Gasteiger partial charge >= 0.3 is 5.97 Å². The number of ether oxygens (including phenoxy) is 3. The summed E-state index contributed by atoms with van der Waals surface area (Å²) in [6.45, 7) is -0.541. The van der Waals surface area contributed by atoms with Crippen molar-refractivity contribution in [2.75, 3.05) is 26.1 Å². The molecule has 0 saturated heterocycles. The highest BCUT2D eigenvalue weighted by Crippen LogP contribution is 2.28. The molecule has 9 nitrogen and oxygen atoms in total. The van der Waals surface area contributed by atoms with Gasteiger partial charge in [0.05, 0.1) is 30.4 Å². The first-order chi connectivity index (χ1) is 13.4. The number of hydrogen-bond acceptors (Lipinski definition) is 7. The molecule has 0 spiro atoms. The Hall–Kier alpha value is -3.88. The van der Waals surface area contributed by atoms with Crippen LogP contribution in [0.4, 0.5) is 11.4 Å². The number of amides is 1. The van der Waals surface area contributed by atoms with Crippen molar-refractivity contribution in [3.8, 4) is 11.5 Å². The fourth-order valence-corrected chi connectivity index (χ4v) is 2.24. The second kappa shape index (κ2) is 9.72. The highest BCUT2D eigenvalue weighted by molar-refractivity contribution is 5.96. The molecule has 28 heavy (non-hydrogen) atoms. The van der Waals surface area contributed by atoms with Gasteiger partial charge in [-0.25, -0.2) is 4.79 Å². The number of methoxy groups -OCH3 is 2. The maximum Gasteiger partial charge on any atom is 0.331 e. The number of benzene rings is 2. The fourth-order valence-electron chi connectivity index (χ4n) is 2.24. The number of hydrogen-bond donors (Lipinski definition) is 1. The van der Waals surface area contributed by atoms with Gasteiger partial charge in [0.2, 0.25) is 0 Å². The number of carbonyl (C=O) groups is 2. The minimum atomic E-state index is -0.814. The molecule has 0 radical (unpaired) electrons. The van der Waals surface area contributed by atoms with Crippen LogP contribution in [0.15, 0.2) is 48.5 Å². The summed E-state index contributed by atoms with van der Waals surface area (Å²) in [6.07, 6.45) is 2.27. The van der Waals surface area contributed by atoms with E-state index in [4.69, 9.17) is 14.2 Å². The third kappa shape index (κ3) is 5.56. The van der Waals surface area contributed by atoms with Gasteiger partial charge in [-0.1, -0.05) is 12.1 Å². The molecule has 0 saturated carbocycles. The number of nitrogens with zero attached hydrogens (tertiary/aromatic N) is 1. The summed E-state index contributed by atoms with van der Waals surface area (Å²) in [6, 6.07) is 10.8. The van der Waals surface area contributed by atoms with Crippen molar-refractivity contribution in [3.05, 3.63) is 64.2 Å². The highest BCUT2D eigenvalue weighted by Gasteiger charge is 2.12. The summed E-state index contributed by atoms with van der Waals surface area (Å²) in [5, 5.41) is 13.5. The van der Waals surface area contributed by atoms with Crippen molar-refractivity contribution >= 4 is 29.3 Å². The zero-order chi connectivity index (χ0) is 20.5. The van der Waals surface area contributed by atoms with E-state index in [1.807, 2.05) is 0 Å².